The molecule has 12 heteroatoms. The van der Waals surface area contributed by atoms with Gasteiger partial charge in [0.05, 0.1) is 23.4 Å². The normalized spacial score (nSPS) is 16.6. The lowest BCUT2D eigenvalue weighted by Crippen LogP contribution is -2.42. The maximum Gasteiger partial charge on any atom is 0.416 e. The second kappa shape index (κ2) is 7.87. The highest BCUT2D eigenvalue weighted by Crippen LogP contribution is 2.39. The number of amides is 1. The van der Waals surface area contributed by atoms with E-state index in [1.54, 1.807) is 26.0 Å². The minimum atomic E-state index is -4.50. The highest BCUT2D eigenvalue weighted by molar-refractivity contribution is 7.86. The molecule has 0 saturated carbocycles. The van der Waals surface area contributed by atoms with Gasteiger partial charge < -0.3 is 9.08 Å². The van der Waals surface area contributed by atoms with Crippen LogP contribution in [0.25, 0.3) is 11.1 Å². The summed E-state index contributed by atoms with van der Waals surface area (Å²) in [6, 6.07) is 7.10. The Bertz CT molecular complexity index is 1330. The van der Waals surface area contributed by atoms with Crippen LogP contribution in [0.1, 0.15) is 34.7 Å². The minimum Gasteiger partial charge on any atom is -0.359 e. The molecule has 1 aliphatic heterocycles. The Morgan fingerprint density at radius 2 is 1.82 bits per heavy atom. The van der Waals surface area contributed by atoms with Crippen molar-refractivity contribution in [3.8, 4) is 17.0 Å². The van der Waals surface area contributed by atoms with Crippen molar-refractivity contribution in [2.24, 2.45) is 0 Å². The number of alkyl halides is 3. The van der Waals surface area contributed by atoms with E-state index in [0.29, 0.717) is 11.3 Å². The third-order valence-electron chi connectivity index (χ3n) is 5.11. The van der Waals surface area contributed by atoms with Crippen LogP contribution in [-0.4, -0.2) is 41.9 Å². The van der Waals surface area contributed by atoms with Crippen molar-refractivity contribution in [1.29, 1.82) is 0 Å². The Morgan fingerprint density at radius 1 is 1.15 bits per heavy atom. The smallest absolute Gasteiger partial charge is 0.359 e. The average Bonchev–Trinajstić information content (AvgIpc) is 3.08. The Labute approximate surface area is 187 Å². The molecule has 0 N–H and O–H groups in total. The molecular weight excluding hydrogens is 461 g/mol. The number of anilines is 1. The molecule has 0 unspecified atom stereocenters. The highest BCUT2D eigenvalue weighted by Gasteiger charge is 2.38. The number of fused-ring (bicyclic) bond motifs is 1. The molecule has 2 aromatic heterocycles. The lowest BCUT2D eigenvalue weighted by atomic mass is 10.0. The van der Waals surface area contributed by atoms with Crippen molar-refractivity contribution in [3.63, 3.8) is 0 Å². The summed E-state index contributed by atoms with van der Waals surface area (Å²) in [6.07, 6.45) is -2.13. The monoisotopic (exact) mass is 480 g/mol. The first-order valence-electron chi connectivity index (χ1n) is 9.79. The first-order chi connectivity index (χ1) is 15.3. The Balaban J connectivity index is 1.86. The quantitative estimate of drug-likeness (QED) is 0.527. The van der Waals surface area contributed by atoms with E-state index in [4.69, 9.17) is 4.18 Å². The summed E-state index contributed by atoms with van der Waals surface area (Å²) in [7, 11) is -3.96. The van der Waals surface area contributed by atoms with Gasteiger partial charge in [-0.2, -0.15) is 21.6 Å². The van der Waals surface area contributed by atoms with Crippen molar-refractivity contribution in [2.75, 3.05) is 17.7 Å². The summed E-state index contributed by atoms with van der Waals surface area (Å²) >= 11 is 0. The number of nitrogens with zero attached hydrogens (tertiary/aromatic N) is 4. The predicted octanol–water partition coefficient (Wildman–Crippen LogP) is 3.83. The minimum absolute atomic E-state index is 0.0675. The molecule has 4 rings (SSSR count). The molecular formula is C21H19F3N4O4S. The Hall–Kier alpha value is -3.41. The van der Waals surface area contributed by atoms with E-state index in [0.717, 1.165) is 18.4 Å². The summed E-state index contributed by atoms with van der Waals surface area (Å²) in [5.41, 5.74) is 0.767. The number of rotatable bonds is 4. The fourth-order valence-electron chi connectivity index (χ4n) is 3.71. The number of halogens is 3. The summed E-state index contributed by atoms with van der Waals surface area (Å²) < 4.78 is 69.0. The molecule has 8 nitrogen and oxygen atoms in total. The van der Waals surface area contributed by atoms with E-state index < -0.39 is 33.8 Å². The van der Waals surface area contributed by atoms with Crippen LogP contribution in [0.3, 0.4) is 0 Å². The highest BCUT2D eigenvalue weighted by atomic mass is 32.2. The van der Waals surface area contributed by atoms with Gasteiger partial charge in [-0.1, -0.05) is 0 Å². The van der Waals surface area contributed by atoms with Crippen LogP contribution < -0.4 is 9.08 Å². The second-order valence-electron chi connectivity index (χ2n) is 7.76. The predicted molar refractivity (Wildman–Crippen MR) is 113 cm³/mol. The molecule has 3 heterocycles. The Morgan fingerprint density at radius 3 is 2.39 bits per heavy atom. The van der Waals surface area contributed by atoms with Gasteiger partial charge in [0.25, 0.3) is 11.8 Å². The molecule has 0 spiro atoms. The third-order valence-corrected chi connectivity index (χ3v) is 5.57. The largest absolute Gasteiger partial charge is 0.416 e. The van der Waals surface area contributed by atoms with E-state index >= 15 is 0 Å². The zero-order valence-corrected chi connectivity index (χ0v) is 18.6. The van der Waals surface area contributed by atoms with Crippen LogP contribution >= 0.6 is 0 Å². The fraction of sp³-hybridized carbons (Fsp3) is 0.286. The van der Waals surface area contributed by atoms with Gasteiger partial charge in [0, 0.05) is 24.1 Å². The summed E-state index contributed by atoms with van der Waals surface area (Å²) in [5, 5.41) is 4.25. The van der Waals surface area contributed by atoms with Crippen molar-refractivity contribution in [3.05, 3.63) is 59.5 Å². The van der Waals surface area contributed by atoms with E-state index in [9.17, 15) is 26.4 Å². The molecule has 1 atom stereocenters. The zero-order valence-electron chi connectivity index (χ0n) is 17.8. The van der Waals surface area contributed by atoms with Gasteiger partial charge in [-0.15, -0.1) is 5.10 Å². The van der Waals surface area contributed by atoms with Crippen molar-refractivity contribution >= 4 is 21.7 Å². The molecule has 1 amide bonds. The van der Waals surface area contributed by atoms with Crippen LogP contribution in [0, 0.1) is 6.92 Å². The lowest BCUT2D eigenvalue weighted by Gasteiger charge is -2.32. The molecule has 0 fully saturated rings. The maximum atomic E-state index is 13.5. The number of benzene rings is 1. The van der Waals surface area contributed by atoms with Crippen LogP contribution in [0.2, 0.25) is 0 Å². The maximum absolute atomic E-state index is 13.5. The first-order valence-corrected chi connectivity index (χ1v) is 11.6. The number of aromatic nitrogens is 3. The van der Waals surface area contributed by atoms with E-state index in [2.05, 4.69) is 10.1 Å². The molecule has 3 aromatic rings. The van der Waals surface area contributed by atoms with E-state index in [1.165, 1.54) is 27.9 Å². The van der Waals surface area contributed by atoms with Crippen LogP contribution in [0.15, 0.2) is 42.6 Å². The molecule has 1 aromatic carbocycles. The van der Waals surface area contributed by atoms with Crippen molar-refractivity contribution < 1.29 is 30.6 Å². The summed E-state index contributed by atoms with van der Waals surface area (Å²) in [6.45, 7) is 3.60. The molecule has 0 radical (unpaired) electrons. The number of carbonyl (C=O) groups excluding carboxylic acids is 1. The van der Waals surface area contributed by atoms with Crippen LogP contribution in [0.5, 0.6) is 5.88 Å². The number of carbonyl (C=O) groups is 1. The number of pyridine rings is 1. The molecule has 33 heavy (non-hydrogen) atoms. The molecule has 0 saturated heterocycles. The second-order valence-corrected chi connectivity index (χ2v) is 9.33. The van der Waals surface area contributed by atoms with Gasteiger partial charge >= 0.3 is 16.3 Å². The molecule has 0 aliphatic carbocycles. The standard InChI is InChI=1S/C21H19F3N4O4S/c1-12-10-14(8-9-25-12)17-18-20(29)27(16-6-4-15(5-7-16)21(22,23)24)11-13(2)28(18)26-19(17)32-33(3,30)31/h4-10,13H,11H2,1-3H3/t13-/m0/s1. The zero-order chi connectivity index (χ0) is 24.1. The van der Waals surface area contributed by atoms with Crippen LogP contribution in [0.4, 0.5) is 18.9 Å². The topological polar surface area (TPSA) is 94.4 Å². The van der Waals surface area contributed by atoms with Gasteiger partial charge in [0.1, 0.15) is 5.69 Å². The number of hydrogen-bond acceptors (Lipinski definition) is 6. The van der Waals surface area contributed by atoms with Crippen molar-refractivity contribution in [1.82, 2.24) is 14.8 Å². The summed E-state index contributed by atoms with van der Waals surface area (Å²) in [5.74, 6) is -0.805. The average molecular weight is 480 g/mol. The summed E-state index contributed by atoms with van der Waals surface area (Å²) in [4.78, 5) is 19.0. The molecule has 0 bridgehead atoms. The van der Waals surface area contributed by atoms with Gasteiger partial charge in [0.2, 0.25) is 0 Å². The van der Waals surface area contributed by atoms with E-state index in [1.807, 2.05) is 0 Å². The van der Waals surface area contributed by atoms with Gasteiger partial charge in [-0.05, 0) is 55.8 Å². The molecule has 1 aliphatic rings. The molecule has 174 valence electrons. The van der Waals surface area contributed by atoms with Gasteiger partial charge in [-0.25, -0.2) is 0 Å². The van der Waals surface area contributed by atoms with E-state index in [-0.39, 0.29) is 29.4 Å². The Kier molecular flexibility index (Phi) is 5.43. The third kappa shape index (κ3) is 4.42. The SMILES string of the molecule is Cc1cc(-c2c(OS(C)(=O)=O)nn3c2C(=O)N(c2ccc(C(F)(F)F)cc2)C[C@@H]3C)ccn1. The van der Waals surface area contributed by atoms with Crippen LogP contribution in [-0.2, 0) is 16.3 Å². The number of aryl methyl sites for hydroxylation is 1. The lowest BCUT2D eigenvalue weighted by molar-refractivity contribution is -0.137. The fourth-order valence-corrected chi connectivity index (χ4v) is 4.11. The first kappa shape index (κ1) is 22.8. The van der Waals surface area contributed by atoms with Gasteiger partial charge in [-0.3, -0.25) is 14.5 Å². The van der Waals surface area contributed by atoms with Crippen molar-refractivity contribution in [2.45, 2.75) is 26.1 Å². The van der Waals surface area contributed by atoms with Gasteiger partial charge in [0.15, 0.2) is 0 Å². The number of hydrogen-bond donors (Lipinski definition) is 0.